The maximum atomic E-state index is 13.2. The summed E-state index contributed by atoms with van der Waals surface area (Å²) in [5.41, 5.74) is -0.945. The van der Waals surface area contributed by atoms with Crippen molar-refractivity contribution in [1.29, 1.82) is 0 Å². The third-order valence-corrected chi connectivity index (χ3v) is 6.42. The van der Waals surface area contributed by atoms with Crippen LogP contribution in [0.3, 0.4) is 0 Å². The van der Waals surface area contributed by atoms with Crippen molar-refractivity contribution in [2.24, 2.45) is 0 Å². The molecule has 0 spiro atoms. The molecule has 3 nitrogen and oxygen atoms in total. The van der Waals surface area contributed by atoms with Crippen LogP contribution in [0.15, 0.2) is 42.5 Å². The Balaban J connectivity index is 1.57. The number of alkyl halides is 6. The molecule has 178 valence electrons. The van der Waals surface area contributed by atoms with Crippen LogP contribution >= 0.6 is 12.2 Å². The molecule has 2 aliphatic rings. The lowest BCUT2D eigenvalue weighted by atomic mass is 10.0. The van der Waals surface area contributed by atoms with Gasteiger partial charge in [-0.2, -0.15) is 26.3 Å². The Bertz CT molecular complexity index is 982. The molecule has 2 atom stereocenters. The summed E-state index contributed by atoms with van der Waals surface area (Å²) >= 11 is 5.33. The highest BCUT2D eigenvalue weighted by Crippen LogP contribution is 2.38. The Hall–Kier alpha value is -2.33. The van der Waals surface area contributed by atoms with Crippen molar-refractivity contribution in [3.63, 3.8) is 0 Å². The first-order valence-corrected chi connectivity index (χ1v) is 11.1. The maximum Gasteiger partial charge on any atom is 0.416 e. The fourth-order valence-corrected chi connectivity index (χ4v) is 4.92. The number of piperidine rings is 1. The van der Waals surface area contributed by atoms with Crippen molar-refractivity contribution in [2.75, 3.05) is 18.4 Å². The van der Waals surface area contributed by atoms with Crippen LogP contribution in [0, 0.1) is 0 Å². The van der Waals surface area contributed by atoms with E-state index in [1.54, 1.807) is 0 Å². The molecular weight excluding hydrogens is 464 g/mol. The molecule has 1 saturated heterocycles. The van der Waals surface area contributed by atoms with Crippen molar-refractivity contribution < 1.29 is 26.3 Å². The van der Waals surface area contributed by atoms with E-state index in [0.29, 0.717) is 12.1 Å². The quantitative estimate of drug-likeness (QED) is 0.401. The lowest BCUT2D eigenvalue weighted by Gasteiger charge is -2.36. The highest BCUT2D eigenvalue weighted by molar-refractivity contribution is 7.80. The average Bonchev–Trinajstić information content (AvgIpc) is 3.11. The van der Waals surface area contributed by atoms with Gasteiger partial charge in [0.05, 0.1) is 17.2 Å². The Labute approximate surface area is 193 Å². The van der Waals surface area contributed by atoms with Crippen LogP contribution in [-0.4, -0.2) is 29.1 Å². The number of nitrogens with zero attached hydrogens (tertiary/aromatic N) is 1. The molecule has 1 heterocycles. The summed E-state index contributed by atoms with van der Waals surface area (Å²) in [6, 6.07) is 9.13. The third kappa shape index (κ3) is 5.43. The summed E-state index contributed by atoms with van der Waals surface area (Å²) in [6.45, 7) is 1.89. The predicted molar refractivity (Wildman–Crippen MR) is 118 cm³/mol. The zero-order valence-corrected chi connectivity index (χ0v) is 18.4. The van der Waals surface area contributed by atoms with Gasteiger partial charge in [-0.1, -0.05) is 30.7 Å². The van der Waals surface area contributed by atoms with Gasteiger partial charge >= 0.3 is 12.4 Å². The molecule has 1 aliphatic carbocycles. The minimum atomic E-state index is -4.92. The van der Waals surface area contributed by atoms with E-state index in [1.807, 2.05) is 24.3 Å². The standard InChI is InChI=1S/C23H23F6N3S/c24-22(25,26)15-11-16(23(27,28)29)13-17(12-15)30-21(33)31-20-18-7-3-2-6-14(18)10-19(20)32-8-4-1-5-9-32/h2-3,6-7,11-13,19-20H,1,4-5,8-10H2,(H2,30,31,33). The fourth-order valence-electron chi connectivity index (χ4n) is 4.67. The molecule has 0 aromatic heterocycles. The van der Waals surface area contributed by atoms with Crippen LogP contribution in [-0.2, 0) is 18.8 Å². The smallest absolute Gasteiger partial charge is 0.354 e. The van der Waals surface area contributed by atoms with Crippen molar-refractivity contribution in [2.45, 2.75) is 50.1 Å². The molecule has 2 aromatic carbocycles. The molecule has 33 heavy (non-hydrogen) atoms. The Morgan fingerprint density at radius 3 is 2.09 bits per heavy atom. The summed E-state index contributed by atoms with van der Waals surface area (Å²) in [4.78, 5) is 2.38. The molecule has 4 rings (SSSR count). The molecule has 0 bridgehead atoms. The highest BCUT2D eigenvalue weighted by atomic mass is 32.1. The lowest BCUT2D eigenvalue weighted by molar-refractivity contribution is -0.143. The summed E-state index contributed by atoms with van der Waals surface area (Å²) in [5.74, 6) is 0. The van der Waals surface area contributed by atoms with Gasteiger partial charge in [0.2, 0.25) is 0 Å². The van der Waals surface area contributed by atoms with Gasteiger partial charge in [0, 0.05) is 11.7 Å². The molecule has 2 unspecified atom stereocenters. The zero-order valence-electron chi connectivity index (χ0n) is 17.6. The van der Waals surface area contributed by atoms with Gasteiger partial charge in [-0.05, 0) is 73.9 Å². The second-order valence-corrected chi connectivity index (χ2v) is 8.85. The Morgan fingerprint density at radius 1 is 0.879 bits per heavy atom. The molecule has 10 heteroatoms. The molecule has 0 saturated carbocycles. The summed E-state index contributed by atoms with van der Waals surface area (Å²) < 4.78 is 79.0. The number of anilines is 1. The van der Waals surface area contributed by atoms with E-state index >= 15 is 0 Å². The zero-order chi connectivity index (χ0) is 23.8. The molecule has 2 aromatic rings. The first kappa shape index (κ1) is 23.8. The minimum Gasteiger partial charge on any atom is -0.354 e. The predicted octanol–water partition coefficient (Wildman–Crippen LogP) is 6.16. The van der Waals surface area contributed by atoms with Gasteiger partial charge in [-0.3, -0.25) is 4.90 Å². The van der Waals surface area contributed by atoms with Gasteiger partial charge in [-0.25, -0.2) is 0 Å². The monoisotopic (exact) mass is 487 g/mol. The SMILES string of the molecule is FC(F)(F)c1cc(NC(=S)NC2c3ccccc3CC2N2CCCCC2)cc(C(F)(F)F)c1. The average molecular weight is 488 g/mol. The Kier molecular flexibility index (Phi) is 6.59. The molecule has 0 amide bonds. The van der Waals surface area contributed by atoms with E-state index < -0.39 is 23.5 Å². The number of halogens is 6. The number of fused-ring (bicyclic) bond motifs is 1. The number of benzene rings is 2. The molecular formula is C23H23F6N3S. The van der Waals surface area contributed by atoms with Gasteiger partial charge in [0.15, 0.2) is 5.11 Å². The normalized spacial score (nSPS) is 21.5. The van der Waals surface area contributed by atoms with Gasteiger partial charge in [-0.15, -0.1) is 0 Å². The first-order chi connectivity index (χ1) is 15.5. The van der Waals surface area contributed by atoms with Gasteiger partial charge in [0.1, 0.15) is 0 Å². The number of hydrogen-bond acceptors (Lipinski definition) is 2. The van der Waals surface area contributed by atoms with Gasteiger partial charge < -0.3 is 10.6 Å². The maximum absolute atomic E-state index is 13.2. The van der Waals surface area contributed by atoms with Crippen LogP contribution < -0.4 is 10.6 Å². The topological polar surface area (TPSA) is 27.3 Å². The van der Waals surface area contributed by atoms with Crippen molar-refractivity contribution in [1.82, 2.24) is 10.2 Å². The van der Waals surface area contributed by atoms with Crippen molar-refractivity contribution in [3.8, 4) is 0 Å². The van der Waals surface area contributed by atoms with Crippen LogP contribution in [0.1, 0.15) is 47.6 Å². The molecule has 0 radical (unpaired) electrons. The Morgan fingerprint density at radius 2 is 1.48 bits per heavy atom. The summed E-state index contributed by atoms with van der Waals surface area (Å²) in [5, 5.41) is 5.69. The number of nitrogens with one attached hydrogen (secondary N) is 2. The van der Waals surface area contributed by atoms with E-state index in [9.17, 15) is 26.3 Å². The fraction of sp³-hybridized carbons (Fsp3) is 0.435. The lowest BCUT2D eigenvalue weighted by Crippen LogP contribution is -2.47. The first-order valence-electron chi connectivity index (χ1n) is 10.7. The van der Waals surface area contributed by atoms with E-state index in [0.717, 1.165) is 43.5 Å². The van der Waals surface area contributed by atoms with Crippen molar-refractivity contribution in [3.05, 3.63) is 64.7 Å². The third-order valence-electron chi connectivity index (χ3n) is 6.20. The van der Waals surface area contributed by atoms with Crippen LogP contribution in [0.2, 0.25) is 0 Å². The highest BCUT2D eigenvalue weighted by Gasteiger charge is 2.38. The molecule has 1 aliphatic heterocycles. The number of rotatable bonds is 3. The van der Waals surface area contributed by atoms with E-state index in [2.05, 4.69) is 15.5 Å². The van der Waals surface area contributed by atoms with Crippen LogP contribution in [0.4, 0.5) is 32.0 Å². The van der Waals surface area contributed by atoms with E-state index in [4.69, 9.17) is 12.2 Å². The van der Waals surface area contributed by atoms with Gasteiger partial charge in [0.25, 0.3) is 0 Å². The second kappa shape index (κ2) is 9.13. The largest absolute Gasteiger partial charge is 0.416 e. The van der Waals surface area contributed by atoms with Crippen LogP contribution in [0.25, 0.3) is 0 Å². The number of likely N-dealkylation sites (tertiary alicyclic amines) is 1. The van der Waals surface area contributed by atoms with E-state index in [-0.39, 0.29) is 28.9 Å². The molecule has 2 N–H and O–H groups in total. The number of thiocarbonyl (C=S) groups is 1. The second-order valence-electron chi connectivity index (χ2n) is 8.44. The summed E-state index contributed by atoms with van der Waals surface area (Å²) in [6.07, 6.45) is -5.68. The van der Waals surface area contributed by atoms with Crippen molar-refractivity contribution >= 4 is 23.0 Å². The molecule has 1 fully saturated rings. The van der Waals surface area contributed by atoms with Crippen LogP contribution in [0.5, 0.6) is 0 Å². The minimum absolute atomic E-state index is 0.0221. The number of hydrogen-bond donors (Lipinski definition) is 2. The van der Waals surface area contributed by atoms with E-state index in [1.165, 1.54) is 6.42 Å². The summed E-state index contributed by atoms with van der Waals surface area (Å²) in [7, 11) is 0.